The van der Waals surface area contributed by atoms with Crippen LogP contribution in [0.25, 0.3) is 22.2 Å². The summed E-state index contributed by atoms with van der Waals surface area (Å²) in [6, 6.07) is 18.2. The third-order valence-electron chi connectivity index (χ3n) is 10.3. The zero-order chi connectivity index (χ0) is 30.8. The smallest absolute Gasteiger partial charge is 0.232 e. The van der Waals surface area contributed by atoms with E-state index >= 15 is 0 Å². The summed E-state index contributed by atoms with van der Waals surface area (Å²) in [5.74, 6) is 1.28. The molecule has 2 N–H and O–H groups in total. The number of nitrogens with zero attached hydrogens (tertiary/aromatic N) is 2. The Morgan fingerprint density at radius 2 is 1.82 bits per heavy atom. The van der Waals surface area contributed by atoms with Gasteiger partial charge < -0.3 is 15.2 Å². The molecule has 2 bridgehead atoms. The Bertz CT molecular complexity index is 1580. The summed E-state index contributed by atoms with van der Waals surface area (Å²) in [5, 5.41) is 5.00. The Kier molecular flexibility index (Phi) is 8.96. The van der Waals surface area contributed by atoms with Gasteiger partial charge in [0.05, 0.1) is 11.1 Å². The van der Waals surface area contributed by atoms with Gasteiger partial charge in [-0.25, -0.2) is 0 Å². The maximum Gasteiger partial charge on any atom is 0.232 e. The van der Waals surface area contributed by atoms with Crippen LogP contribution in [0, 0.1) is 19.8 Å². The quantitative estimate of drug-likeness (QED) is 0.173. The van der Waals surface area contributed by atoms with Crippen LogP contribution >= 0.6 is 0 Å². The zero-order valence-corrected chi connectivity index (χ0v) is 27.4. The number of nitrogens with one attached hydrogen (secondary N) is 2. The molecule has 1 aliphatic heterocycles. The minimum absolute atomic E-state index is 0.291. The van der Waals surface area contributed by atoms with E-state index < -0.39 is 5.41 Å². The molecule has 0 spiro atoms. The minimum atomic E-state index is -0.573. The van der Waals surface area contributed by atoms with Crippen LogP contribution in [0.3, 0.4) is 0 Å². The van der Waals surface area contributed by atoms with Crippen molar-refractivity contribution in [2.75, 3.05) is 19.6 Å². The topological polar surface area (TPSA) is 61.0 Å². The molecule has 44 heavy (non-hydrogen) atoms. The number of pyridine rings is 1. The van der Waals surface area contributed by atoms with E-state index in [9.17, 15) is 4.79 Å². The summed E-state index contributed by atoms with van der Waals surface area (Å²) < 4.78 is 0. The fourth-order valence-corrected chi connectivity index (χ4v) is 7.88. The molecule has 3 heterocycles. The second kappa shape index (κ2) is 12.9. The molecule has 3 atom stereocenters. The molecule has 1 saturated carbocycles. The minimum Gasteiger partial charge on any atom is -0.354 e. The average molecular weight is 591 g/mol. The number of amides is 1. The number of hydrogen-bond donors (Lipinski definition) is 2. The van der Waals surface area contributed by atoms with Gasteiger partial charge >= 0.3 is 0 Å². The number of unbranched alkanes of at least 4 members (excludes halogenated alkanes) is 1. The highest BCUT2D eigenvalue weighted by Gasteiger charge is 2.43. The summed E-state index contributed by atoms with van der Waals surface area (Å²) in [6.07, 6.45) is 12.0. The molecular weight excluding hydrogens is 540 g/mol. The van der Waals surface area contributed by atoms with Crippen LogP contribution in [0.1, 0.15) is 93.0 Å². The third-order valence-corrected chi connectivity index (χ3v) is 10.3. The van der Waals surface area contributed by atoms with Crippen LogP contribution in [0.15, 0.2) is 60.9 Å². The summed E-state index contributed by atoms with van der Waals surface area (Å²) in [6.45, 7) is 13.8. The fourth-order valence-electron chi connectivity index (χ4n) is 7.88. The van der Waals surface area contributed by atoms with Crippen molar-refractivity contribution in [3.63, 3.8) is 0 Å². The molecule has 0 radical (unpaired) electrons. The molecule has 2 unspecified atom stereocenters. The van der Waals surface area contributed by atoms with Gasteiger partial charge in [-0.2, -0.15) is 0 Å². The number of H-pyrrole nitrogens is 1. The van der Waals surface area contributed by atoms with E-state index in [4.69, 9.17) is 0 Å². The monoisotopic (exact) mass is 590 g/mol. The van der Waals surface area contributed by atoms with E-state index in [-0.39, 0.29) is 0 Å². The Labute approximate surface area is 263 Å². The molecule has 2 aromatic heterocycles. The number of likely N-dealkylation sites (tertiary alicyclic amines) is 1. The molecule has 232 valence electrons. The summed E-state index contributed by atoms with van der Waals surface area (Å²) >= 11 is 0. The van der Waals surface area contributed by atoms with Crippen molar-refractivity contribution < 1.29 is 4.79 Å². The van der Waals surface area contributed by atoms with Gasteiger partial charge in [-0.05, 0) is 143 Å². The first-order valence-electron chi connectivity index (χ1n) is 16.9. The predicted octanol–water partition coefficient (Wildman–Crippen LogP) is 8.24. The first-order chi connectivity index (χ1) is 21.2. The van der Waals surface area contributed by atoms with Crippen molar-refractivity contribution in [3.05, 3.63) is 88.7 Å². The van der Waals surface area contributed by atoms with Gasteiger partial charge in [0.25, 0.3) is 0 Å². The largest absolute Gasteiger partial charge is 0.354 e. The number of fused-ring (bicyclic) bond motifs is 3. The second-order valence-corrected chi connectivity index (χ2v) is 14.2. The van der Waals surface area contributed by atoms with Gasteiger partial charge in [0.15, 0.2) is 0 Å². The van der Waals surface area contributed by atoms with E-state index in [1.165, 1.54) is 58.2 Å². The number of aromatic nitrogens is 2. The number of rotatable bonds is 11. The number of carbonyl (C=O) groups is 1. The maximum atomic E-state index is 14.1. The highest BCUT2D eigenvalue weighted by atomic mass is 16.2. The van der Waals surface area contributed by atoms with Crippen LogP contribution in [-0.4, -0.2) is 46.5 Å². The fraction of sp³-hybridized carbons (Fsp3) is 0.487. The van der Waals surface area contributed by atoms with Gasteiger partial charge in [-0.15, -0.1) is 0 Å². The van der Waals surface area contributed by atoms with Crippen molar-refractivity contribution in [3.8, 4) is 11.3 Å². The van der Waals surface area contributed by atoms with Gasteiger partial charge in [0, 0.05) is 42.4 Å². The van der Waals surface area contributed by atoms with Gasteiger partial charge in [-0.1, -0.05) is 36.6 Å². The SMILES string of the molecule is Cc1cc(C)cc(-c2[nH]c3ccc(C(C)(C)C(=O)N4CC5CCCC4C5)cc3c2[C@H](C)CNCCCCc2ccncc2)c1. The number of benzene rings is 2. The van der Waals surface area contributed by atoms with Crippen molar-refractivity contribution in [2.24, 2.45) is 5.92 Å². The molecule has 4 aromatic rings. The van der Waals surface area contributed by atoms with Gasteiger partial charge in [0.2, 0.25) is 5.91 Å². The van der Waals surface area contributed by atoms with Crippen molar-refractivity contribution in [1.82, 2.24) is 20.2 Å². The van der Waals surface area contributed by atoms with Crippen molar-refractivity contribution in [2.45, 2.75) is 96.9 Å². The van der Waals surface area contributed by atoms with Gasteiger partial charge in [0.1, 0.15) is 0 Å². The second-order valence-electron chi connectivity index (χ2n) is 14.2. The third kappa shape index (κ3) is 6.35. The normalized spacial score (nSPS) is 19.1. The molecule has 5 nitrogen and oxygen atoms in total. The first kappa shape index (κ1) is 30.6. The Balaban J connectivity index is 1.26. The molecule has 1 aliphatic carbocycles. The lowest BCUT2D eigenvalue weighted by Crippen LogP contribution is -2.45. The lowest BCUT2D eigenvalue weighted by molar-refractivity contribution is -0.137. The number of aromatic amines is 1. The lowest BCUT2D eigenvalue weighted by Gasteiger charge is -2.33. The molecular formula is C39H50N4O. The highest BCUT2D eigenvalue weighted by molar-refractivity contribution is 5.94. The standard InChI is InChI=1S/C39H50N4O/c1-26-19-27(2)21-31(20-26)37-36(28(3)24-41-16-7-6-9-29-14-17-40-18-15-29)34-23-32(12-13-35(34)42-37)39(4,5)38(44)43-25-30-10-8-11-33(43)22-30/h12-15,17-21,23,28,30,33,41-42H,6-11,16,22,24-25H2,1-5H3/t28-,30?,33?/m1/s1. The summed E-state index contributed by atoms with van der Waals surface area (Å²) in [4.78, 5) is 24.3. The molecule has 2 fully saturated rings. The predicted molar refractivity (Wildman–Crippen MR) is 182 cm³/mol. The van der Waals surface area contributed by atoms with Gasteiger partial charge in [-0.3, -0.25) is 9.78 Å². The zero-order valence-electron chi connectivity index (χ0n) is 27.4. The van der Waals surface area contributed by atoms with Crippen LogP contribution in [0.4, 0.5) is 0 Å². The molecule has 5 heteroatoms. The van der Waals surface area contributed by atoms with E-state index in [1.54, 1.807) is 0 Å². The molecule has 2 aromatic carbocycles. The molecule has 1 amide bonds. The van der Waals surface area contributed by atoms with E-state index in [0.29, 0.717) is 23.8 Å². The van der Waals surface area contributed by atoms with Crippen molar-refractivity contribution in [1.29, 1.82) is 0 Å². The van der Waals surface area contributed by atoms with E-state index in [2.05, 4.69) is 103 Å². The van der Waals surface area contributed by atoms with E-state index in [0.717, 1.165) is 56.4 Å². The van der Waals surface area contributed by atoms with E-state index in [1.807, 2.05) is 12.4 Å². The lowest BCUT2D eigenvalue weighted by atomic mass is 9.81. The Morgan fingerprint density at radius 3 is 2.57 bits per heavy atom. The van der Waals surface area contributed by atoms with Crippen LogP contribution in [0.5, 0.6) is 0 Å². The number of hydrogen-bond acceptors (Lipinski definition) is 3. The Hall–Kier alpha value is -3.44. The molecule has 1 saturated heterocycles. The molecule has 2 aliphatic rings. The maximum absolute atomic E-state index is 14.1. The summed E-state index contributed by atoms with van der Waals surface area (Å²) in [5.41, 5.74) is 9.36. The summed E-state index contributed by atoms with van der Waals surface area (Å²) in [7, 11) is 0. The highest BCUT2D eigenvalue weighted by Crippen LogP contribution is 2.41. The molecule has 6 rings (SSSR count). The number of carbonyl (C=O) groups excluding carboxylic acids is 1. The van der Waals surface area contributed by atoms with Crippen LogP contribution < -0.4 is 5.32 Å². The van der Waals surface area contributed by atoms with Crippen molar-refractivity contribution >= 4 is 16.8 Å². The van der Waals surface area contributed by atoms with Crippen LogP contribution in [-0.2, 0) is 16.6 Å². The number of aryl methyl sites for hydroxylation is 3. The first-order valence-corrected chi connectivity index (χ1v) is 16.9. The average Bonchev–Trinajstić information content (AvgIpc) is 3.54. The van der Waals surface area contributed by atoms with Crippen LogP contribution in [0.2, 0.25) is 0 Å². The Morgan fingerprint density at radius 1 is 1.05 bits per heavy atom.